The zero-order valence-corrected chi connectivity index (χ0v) is 15.5. The normalized spacial score (nSPS) is 14.9. The van der Waals surface area contributed by atoms with Crippen LogP contribution in [0.15, 0.2) is 57.6 Å². The number of furan rings is 1. The SMILES string of the molecule is COc1cc(C2=NC(=Cc3cc4ccccc4o3)C(=O)O2)cc(OC)c1OC. The third-order valence-electron chi connectivity index (χ3n) is 4.26. The van der Waals surface area contributed by atoms with Gasteiger partial charge in [-0.15, -0.1) is 0 Å². The molecule has 4 rings (SSSR count). The molecule has 0 spiro atoms. The summed E-state index contributed by atoms with van der Waals surface area (Å²) < 4.78 is 27.0. The molecule has 28 heavy (non-hydrogen) atoms. The first-order valence-electron chi connectivity index (χ1n) is 8.44. The van der Waals surface area contributed by atoms with Crippen molar-refractivity contribution in [1.29, 1.82) is 0 Å². The zero-order valence-electron chi connectivity index (χ0n) is 15.5. The first-order chi connectivity index (χ1) is 13.6. The average molecular weight is 379 g/mol. The van der Waals surface area contributed by atoms with Gasteiger partial charge in [-0.05, 0) is 24.3 Å². The highest BCUT2D eigenvalue weighted by molar-refractivity contribution is 6.13. The minimum atomic E-state index is -0.566. The molecule has 1 aliphatic rings. The van der Waals surface area contributed by atoms with Crippen LogP contribution in [0.4, 0.5) is 0 Å². The van der Waals surface area contributed by atoms with Crippen LogP contribution >= 0.6 is 0 Å². The molecule has 2 aromatic carbocycles. The topological polar surface area (TPSA) is 79.5 Å². The van der Waals surface area contributed by atoms with Crippen LogP contribution < -0.4 is 14.2 Å². The number of fused-ring (bicyclic) bond motifs is 1. The van der Waals surface area contributed by atoms with Crippen molar-refractivity contribution >= 4 is 28.9 Å². The lowest BCUT2D eigenvalue weighted by Gasteiger charge is -2.13. The zero-order chi connectivity index (χ0) is 19.7. The lowest BCUT2D eigenvalue weighted by Crippen LogP contribution is -2.06. The number of methoxy groups -OCH3 is 3. The van der Waals surface area contributed by atoms with Crippen LogP contribution in [0.5, 0.6) is 17.2 Å². The molecule has 1 aromatic heterocycles. The van der Waals surface area contributed by atoms with Crippen molar-refractivity contribution in [2.45, 2.75) is 0 Å². The Balaban J connectivity index is 1.73. The molecular formula is C21H17NO6. The van der Waals surface area contributed by atoms with Crippen molar-refractivity contribution < 1.29 is 28.2 Å². The maximum absolute atomic E-state index is 12.3. The molecule has 0 radical (unpaired) electrons. The predicted molar refractivity (Wildman–Crippen MR) is 103 cm³/mol. The number of hydrogen-bond acceptors (Lipinski definition) is 7. The van der Waals surface area contributed by atoms with Gasteiger partial charge in [0.25, 0.3) is 0 Å². The van der Waals surface area contributed by atoms with Gasteiger partial charge in [0.05, 0.1) is 21.3 Å². The number of carbonyl (C=O) groups excluding carboxylic acids is 1. The molecule has 3 aromatic rings. The van der Waals surface area contributed by atoms with Crippen molar-refractivity contribution in [2.24, 2.45) is 4.99 Å². The minimum absolute atomic E-state index is 0.141. The van der Waals surface area contributed by atoms with Crippen molar-refractivity contribution in [3.8, 4) is 17.2 Å². The Kier molecular flexibility index (Phi) is 4.49. The van der Waals surface area contributed by atoms with E-state index in [4.69, 9.17) is 23.4 Å². The van der Waals surface area contributed by atoms with Crippen LogP contribution in [0.3, 0.4) is 0 Å². The Hall–Kier alpha value is -3.74. The van der Waals surface area contributed by atoms with Crippen molar-refractivity contribution in [3.63, 3.8) is 0 Å². The quantitative estimate of drug-likeness (QED) is 0.496. The van der Waals surface area contributed by atoms with E-state index in [1.807, 2.05) is 30.3 Å². The average Bonchev–Trinajstić information content (AvgIpc) is 3.29. The van der Waals surface area contributed by atoms with E-state index in [0.717, 1.165) is 11.0 Å². The van der Waals surface area contributed by atoms with Crippen molar-refractivity contribution in [3.05, 3.63) is 59.5 Å². The summed E-state index contributed by atoms with van der Waals surface area (Å²) >= 11 is 0. The molecular weight excluding hydrogens is 362 g/mol. The molecule has 0 amide bonds. The largest absolute Gasteiger partial charge is 0.493 e. The van der Waals surface area contributed by atoms with Gasteiger partial charge >= 0.3 is 5.97 Å². The Labute approximate surface area is 160 Å². The Bertz CT molecular complexity index is 1070. The van der Waals surface area contributed by atoms with Gasteiger partial charge in [-0.1, -0.05) is 18.2 Å². The molecule has 0 saturated carbocycles. The molecule has 0 N–H and O–H groups in total. The number of rotatable bonds is 5. The van der Waals surface area contributed by atoms with E-state index < -0.39 is 5.97 Å². The van der Waals surface area contributed by atoms with Crippen LogP contribution in [-0.4, -0.2) is 33.2 Å². The second-order valence-corrected chi connectivity index (χ2v) is 5.94. The molecule has 0 bridgehead atoms. The summed E-state index contributed by atoms with van der Waals surface area (Å²) in [7, 11) is 4.54. The number of ether oxygens (including phenoxy) is 4. The fourth-order valence-electron chi connectivity index (χ4n) is 2.95. The summed E-state index contributed by atoms with van der Waals surface area (Å²) in [6.07, 6.45) is 1.55. The fraction of sp³-hybridized carbons (Fsp3) is 0.143. The van der Waals surface area contributed by atoms with Crippen molar-refractivity contribution in [2.75, 3.05) is 21.3 Å². The van der Waals surface area contributed by atoms with E-state index in [1.54, 1.807) is 18.2 Å². The smallest absolute Gasteiger partial charge is 0.363 e. The molecule has 0 saturated heterocycles. The summed E-state index contributed by atoms with van der Waals surface area (Å²) in [5, 5.41) is 0.939. The Morgan fingerprint density at radius 2 is 1.68 bits per heavy atom. The molecule has 2 heterocycles. The van der Waals surface area contributed by atoms with Crippen molar-refractivity contribution in [1.82, 2.24) is 0 Å². The van der Waals surface area contributed by atoms with E-state index in [9.17, 15) is 4.79 Å². The molecule has 0 fully saturated rings. The summed E-state index contributed by atoms with van der Waals surface area (Å²) in [5.74, 6) is 1.41. The van der Waals surface area contributed by atoms with Gasteiger partial charge in [0.1, 0.15) is 11.3 Å². The van der Waals surface area contributed by atoms with E-state index in [1.165, 1.54) is 21.3 Å². The number of nitrogens with zero attached hydrogens (tertiary/aromatic N) is 1. The second kappa shape index (κ2) is 7.11. The number of aliphatic imine (C=N–C) groups is 1. The Morgan fingerprint density at radius 1 is 0.964 bits per heavy atom. The lowest BCUT2D eigenvalue weighted by atomic mass is 10.2. The van der Waals surface area contributed by atoms with E-state index in [0.29, 0.717) is 28.6 Å². The molecule has 142 valence electrons. The van der Waals surface area contributed by atoms with Gasteiger partial charge in [0.2, 0.25) is 11.6 Å². The summed E-state index contributed by atoms with van der Waals surface area (Å²) in [6.45, 7) is 0. The van der Waals surface area contributed by atoms with Gasteiger partial charge in [-0.25, -0.2) is 9.79 Å². The molecule has 7 heteroatoms. The van der Waals surface area contributed by atoms with Crippen LogP contribution in [-0.2, 0) is 9.53 Å². The molecule has 1 aliphatic heterocycles. The number of hydrogen-bond donors (Lipinski definition) is 0. The summed E-state index contributed by atoms with van der Waals surface area (Å²) in [5.41, 5.74) is 1.40. The third-order valence-corrected chi connectivity index (χ3v) is 4.26. The maximum atomic E-state index is 12.3. The van der Waals surface area contributed by atoms with Crippen LogP contribution in [0, 0.1) is 0 Å². The van der Waals surface area contributed by atoms with E-state index >= 15 is 0 Å². The summed E-state index contributed by atoms with van der Waals surface area (Å²) in [4.78, 5) is 16.6. The molecule has 7 nitrogen and oxygen atoms in total. The number of carbonyl (C=O) groups is 1. The van der Waals surface area contributed by atoms with Gasteiger partial charge < -0.3 is 23.4 Å². The monoisotopic (exact) mass is 379 g/mol. The number of benzene rings is 2. The summed E-state index contributed by atoms with van der Waals surface area (Å²) in [6, 6.07) is 12.7. The molecule has 0 unspecified atom stereocenters. The predicted octanol–water partition coefficient (Wildman–Crippen LogP) is 3.80. The first-order valence-corrected chi connectivity index (χ1v) is 8.44. The van der Waals surface area contributed by atoms with Crippen LogP contribution in [0.25, 0.3) is 17.0 Å². The molecule has 0 atom stereocenters. The van der Waals surface area contributed by atoms with Crippen LogP contribution in [0.2, 0.25) is 0 Å². The lowest BCUT2D eigenvalue weighted by molar-refractivity contribution is -0.129. The van der Waals surface area contributed by atoms with E-state index in [2.05, 4.69) is 4.99 Å². The second-order valence-electron chi connectivity index (χ2n) is 5.94. The van der Waals surface area contributed by atoms with E-state index in [-0.39, 0.29) is 11.6 Å². The number of para-hydroxylation sites is 1. The van der Waals surface area contributed by atoms with Gasteiger partial charge in [0, 0.05) is 17.0 Å². The standard InChI is InChI=1S/C21H17NO6/c1-24-17-9-13(10-18(25-2)19(17)26-3)20-22-15(21(23)28-20)11-14-8-12-6-4-5-7-16(12)27-14/h4-11H,1-3H3. The minimum Gasteiger partial charge on any atom is -0.493 e. The van der Waals surface area contributed by atoms with Crippen LogP contribution in [0.1, 0.15) is 11.3 Å². The highest BCUT2D eigenvalue weighted by atomic mass is 16.6. The number of cyclic esters (lactones) is 1. The first kappa shape index (κ1) is 17.7. The van der Waals surface area contributed by atoms with Gasteiger partial charge in [0.15, 0.2) is 17.2 Å². The Morgan fingerprint density at radius 3 is 2.32 bits per heavy atom. The molecule has 0 aliphatic carbocycles. The van der Waals surface area contributed by atoms with Gasteiger partial charge in [-0.2, -0.15) is 0 Å². The van der Waals surface area contributed by atoms with Gasteiger partial charge in [-0.3, -0.25) is 0 Å². The highest BCUT2D eigenvalue weighted by Crippen LogP contribution is 2.39. The fourth-order valence-corrected chi connectivity index (χ4v) is 2.95. The third kappa shape index (κ3) is 3.07. The highest BCUT2D eigenvalue weighted by Gasteiger charge is 2.27. The maximum Gasteiger partial charge on any atom is 0.363 e. The number of esters is 1.